The van der Waals surface area contributed by atoms with Crippen molar-refractivity contribution in [1.29, 1.82) is 0 Å². The first-order valence-electron chi connectivity index (χ1n) is 5.10. The first-order valence-corrected chi connectivity index (χ1v) is 5.10. The average Bonchev–Trinajstić information content (AvgIpc) is 2.28. The number of hydrogen-bond donors (Lipinski definition) is 0. The van der Waals surface area contributed by atoms with Crippen LogP contribution in [0.15, 0.2) is 23.6 Å². The Morgan fingerprint density at radius 1 is 1.67 bits per heavy atom. The van der Waals surface area contributed by atoms with Crippen LogP contribution in [0.4, 0.5) is 0 Å². The zero-order valence-corrected chi connectivity index (χ0v) is 8.93. The summed E-state index contributed by atoms with van der Waals surface area (Å²) in [5.41, 5.74) is 1.93. The molecular weight excluding hydrogens is 192 g/mol. The van der Waals surface area contributed by atoms with Gasteiger partial charge in [0.15, 0.2) is 0 Å². The van der Waals surface area contributed by atoms with Crippen LogP contribution in [0.3, 0.4) is 0 Å². The lowest BCUT2D eigenvalue weighted by Crippen LogP contribution is -2.26. The molecule has 0 aliphatic carbocycles. The summed E-state index contributed by atoms with van der Waals surface area (Å²) >= 11 is 0. The number of fused-ring (bicyclic) bond motifs is 1. The van der Waals surface area contributed by atoms with Crippen LogP contribution >= 0.6 is 0 Å². The first kappa shape index (κ1) is 9.96. The van der Waals surface area contributed by atoms with Gasteiger partial charge in [0.25, 0.3) is 0 Å². The number of rotatable bonds is 2. The molecule has 0 saturated carbocycles. The molecule has 0 saturated heterocycles. The third-order valence-electron chi connectivity index (χ3n) is 2.31. The zero-order chi connectivity index (χ0) is 10.7. The molecule has 1 aromatic rings. The smallest absolute Gasteiger partial charge is 0.146 e. The topological polar surface area (TPSA) is 43.7 Å². The van der Waals surface area contributed by atoms with E-state index in [1.54, 1.807) is 12.4 Å². The molecule has 1 atom stereocenters. The SMILES string of the molecule is CCO/N=C1/c2ccncc2OCC1C. The molecule has 1 unspecified atom stereocenters. The van der Waals surface area contributed by atoms with Gasteiger partial charge in [-0.15, -0.1) is 0 Å². The van der Waals surface area contributed by atoms with Crippen LogP contribution in [0.5, 0.6) is 5.75 Å². The van der Waals surface area contributed by atoms with E-state index in [2.05, 4.69) is 17.1 Å². The van der Waals surface area contributed by atoms with E-state index >= 15 is 0 Å². The van der Waals surface area contributed by atoms with Crippen molar-refractivity contribution in [2.24, 2.45) is 11.1 Å². The molecule has 80 valence electrons. The minimum absolute atomic E-state index is 0.256. The lowest BCUT2D eigenvalue weighted by molar-refractivity contribution is 0.155. The Hall–Kier alpha value is -1.58. The molecule has 0 spiro atoms. The van der Waals surface area contributed by atoms with Crippen LogP contribution < -0.4 is 4.74 Å². The summed E-state index contributed by atoms with van der Waals surface area (Å²) in [6, 6.07) is 1.91. The fourth-order valence-electron chi connectivity index (χ4n) is 1.54. The summed E-state index contributed by atoms with van der Waals surface area (Å²) in [6.07, 6.45) is 3.45. The lowest BCUT2D eigenvalue weighted by atomic mass is 9.97. The standard InChI is InChI=1S/C11H14N2O2/c1-3-15-13-11-8(2)7-14-10-6-12-5-4-9(10)11/h4-6,8H,3,7H2,1-2H3/b13-11+. The molecule has 1 aliphatic rings. The van der Waals surface area contributed by atoms with Crippen LogP contribution in [-0.4, -0.2) is 23.9 Å². The van der Waals surface area contributed by atoms with Crippen molar-refractivity contribution in [3.63, 3.8) is 0 Å². The second-order valence-corrected chi connectivity index (χ2v) is 3.48. The molecular formula is C11H14N2O2. The average molecular weight is 206 g/mol. The van der Waals surface area contributed by atoms with E-state index in [0.717, 1.165) is 17.0 Å². The summed E-state index contributed by atoms with van der Waals surface area (Å²) in [5, 5.41) is 4.13. The Kier molecular flexibility index (Phi) is 2.85. The number of oxime groups is 1. The molecule has 4 nitrogen and oxygen atoms in total. The minimum Gasteiger partial charge on any atom is -0.491 e. The third kappa shape index (κ3) is 1.93. The summed E-state index contributed by atoms with van der Waals surface area (Å²) < 4.78 is 5.55. The van der Waals surface area contributed by atoms with E-state index in [9.17, 15) is 0 Å². The Bertz CT molecular complexity index is 377. The predicted octanol–water partition coefficient (Wildman–Crippen LogP) is 1.85. The second-order valence-electron chi connectivity index (χ2n) is 3.48. The summed E-state index contributed by atoms with van der Waals surface area (Å²) in [6.45, 7) is 5.20. The van der Waals surface area contributed by atoms with Crippen LogP contribution in [0.1, 0.15) is 19.4 Å². The van der Waals surface area contributed by atoms with E-state index in [0.29, 0.717) is 13.2 Å². The van der Waals surface area contributed by atoms with Gasteiger partial charge < -0.3 is 9.57 Å². The highest BCUT2D eigenvalue weighted by atomic mass is 16.6. The molecule has 2 heterocycles. The number of nitrogens with zero attached hydrogens (tertiary/aromatic N) is 2. The van der Waals surface area contributed by atoms with Crippen molar-refractivity contribution >= 4 is 5.71 Å². The van der Waals surface area contributed by atoms with Gasteiger partial charge >= 0.3 is 0 Å². The number of aromatic nitrogens is 1. The first-order chi connectivity index (χ1) is 7.33. The van der Waals surface area contributed by atoms with Gasteiger partial charge in [0, 0.05) is 17.7 Å². The monoisotopic (exact) mass is 206 g/mol. The van der Waals surface area contributed by atoms with Crippen molar-refractivity contribution in [3.05, 3.63) is 24.0 Å². The highest BCUT2D eigenvalue weighted by molar-refractivity contribution is 6.04. The molecule has 0 N–H and O–H groups in total. The van der Waals surface area contributed by atoms with Crippen LogP contribution in [-0.2, 0) is 4.84 Å². The van der Waals surface area contributed by atoms with Gasteiger partial charge in [-0.05, 0) is 13.0 Å². The highest BCUT2D eigenvalue weighted by Crippen LogP contribution is 2.26. The fraction of sp³-hybridized carbons (Fsp3) is 0.455. The van der Waals surface area contributed by atoms with Crippen molar-refractivity contribution in [2.45, 2.75) is 13.8 Å². The third-order valence-corrected chi connectivity index (χ3v) is 2.31. The quantitative estimate of drug-likeness (QED) is 0.693. The Morgan fingerprint density at radius 2 is 2.53 bits per heavy atom. The molecule has 4 heteroatoms. The summed E-state index contributed by atoms with van der Waals surface area (Å²) in [4.78, 5) is 9.13. The molecule has 1 aliphatic heterocycles. The van der Waals surface area contributed by atoms with Crippen LogP contribution in [0.25, 0.3) is 0 Å². The molecule has 0 radical (unpaired) electrons. The van der Waals surface area contributed by atoms with Crippen LogP contribution in [0.2, 0.25) is 0 Å². The van der Waals surface area contributed by atoms with E-state index in [1.165, 1.54) is 0 Å². The maximum Gasteiger partial charge on any atom is 0.146 e. The van der Waals surface area contributed by atoms with Crippen molar-refractivity contribution in [2.75, 3.05) is 13.2 Å². The van der Waals surface area contributed by atoms with Gasteiger partial charge in [-0.3, -0.25) is 4.98 Å². The van der Waals surface area contributed by atoms with E-state index in [-0.39, 0.29) is 5.92 Å². The van der Waals surface area contributed by atoms with Gasteiger partial charge in [-0.1, -0.05) is 12.1 Å². The van der Waals surface area contributed by atoms with Gasteiger partial charge in [0.1, 0.15) is 12.4 Å². The van der Waals surface area contributed by atoms with Gasteiger partial charge in [0.2, 0.25) is 0 Å². The molecule has 0 aromatic carbocycles. The number of ether oxygens (including phenoxy) is 1. The number of hydrogen-bond acceptors (Lipinski definition) is 4. The van der Waals surface area contributed by atoms with E-state index < -0.39 is 0 Å². The molecule has 0 amide bonds. The molecule has 0 fully saturated rings. The lowest BCUT2D eigenvalue weighted by Gasteiger charge is -2.23. The highest BCUT2D eigenvalue weighted by Gasteiger charge is 2.24. The number of pyridine rings is 1. The second kappa shape index (κ2) is 4.29. The maximum atomic E-state index is 5.55. The minimum atomic E-state index is 0.256. The normalized spacial score (nSPS) is 22.0. The molecule has 15 heavy (non-hydrogen) atoms. The molecule has 1 aromatic heterocycles. The summed E-state index contributed by atoms with van der Waals surface area (Å²) in [5.74, 6) is 1.04. The summed E-state index contributed by atoms with van der Waals surface area (Å²) in [7, 11) is 0. The Balaban J connectivity index is 2.37. The largest absolute Gasteiger partial charge is 0.491 e. The predicted molar refractivity (Wildman–Crippen MR) is 57.1 cm³/mol. The van der Waals surface area contributed by atoms with Crippen molar-refractivity contribution < 1.29 is 9.57 Å². The Morgan fingerprint density at radius 3 is 3.33 bits per heavy atom. The van der Waals surface area contributed by atoms with Crippen LogP contribution in [0, 0.1) is 5.92 Å². The van der Waals surface area contributed by atoms with Gasteiger partial charge in [-0.2, -0.15) is 0 Å². The molecule has 0 bridgehead atoms. The van der Waals surface area contributed by atoms with Crippen molar-refractivity contribution in [1.82, 2.24) is 4.98 Å². The maximum absolute atomic E-state index is 5.55. The van der Waals surface area contributed by atoms with Gasteiger partial charge in [0.05, 0.1) is 18.5 Å². The fourth-order valence-corrected chi connectivity index (χ4v) is 1.54. The zero-order valence-electron chi connectivity index (χ0n) is 8.93. The Labute approximate surface area is 88.9 Å². The molecule has 2 rings (SSSR count). The van der Waals surface area contributed by atoms with Crippen molar-refractivity contribution in [3.8, 4) is 5.75 Å². The van der Waals surface area contributed by atoms with E-state index in [1.807, 2.05) is 13.0 Å². The van der Waals surface area contributed by atoms with E-state index in [4.69, 9.17) is 9.57 Å². The van der Waals surface area contributed by atoms with Gasteiger partial charge in [-0.25, -0.2) is 0 Å².